The molecule has 0 N–H and O–H groups in total. The van der Waals surface area contributed by atoms with Crippen molar-refractivity contribution in [3.05, 3.63) is 34.7 Å². The Morgan fingerprint density at radius 3 is 2.58 bits per heavy atom. The van der Waals surface area contributed by atoms with Crippen LogP contribution in [0.4, 0.5) is 0 Å². The number of benzene rings is 1. The van der Waals surface area contributed by atoms with Crippen LogP contribution in [0.1, 0.15) is 0 Å². The summed E-state index contributed by atoms with van der Waals surface area (Å²) in [5.41, 5.74) is 1.11. The summed E-state index contributed by atoms with van der Waals surface area (Å²) in [6, 6.07) is 5.15. The van der Waals surface area contributed by atoms with E-state index in [4.69, 9.17) is 13.9 Å². The van der Waals surface area contributed by atoms with Gasteiger partial charge >= 0.3 is 0 Å². The molecule has 0 fully saturated rings. The highest BCUT2D eigenvalue weighted by molar-refractivity contribution is 5.95. The highest BCUT2D eigenvalue weighted by Crippen LogP contribution is 2.35. The second-order valence-electron chi connectivity index (χ2n) is 4.22. The minimum absolute atomic E-state index is 0.0715. The molecule has 5 heteroatoms. The van der Waals surface area contributed by atoms with Gasteiger partial charge in [0.2, 0.25) is 11.1 Å². The van der Waals surface area contributed by atoms with Crippen molar-refractivity contribution in [1.82, 2.24) is 4.57 Å². The Kier molecular flexibility index (Phi) is 2.48. The average molecular weight is 259 g/mol. The van der Waals surface area contributed by atoms with Crippen LogP contribution in [0.3, 0.4) is 0 Å². The number of hydrogen-bond acceptors (Lipinski definition) is 4. The molecule has 2 aromatic heterocycles. The van der Waals surface area contributed by atoms with Crippen molar-refractivity contribution >= 4 is 22.0 Å². The van der Waals surface area contributed by atoms with E-state index in [1.165, 1.54) is 6.26 Å². The molecule has 0 spiro atoms. The third-order valence-corrected chi connectivity index (χ3v) is 3.29. The van der Waals surface area contributed by atoms with Crippen molar-refractivity contribution in [3.8, 4) is 11.5 Å². The van der Waals surface area contributed by atoms with Gasteiger partial charge in [0.25, 0.3) is 0 Å². The lowest BCUT2D eigenvalue weighted by molar-refractivity contribution is 0.357. The number of pyridine rings is 1. The zero-order valence-corrected chi connectivity index (χ0v) is 10.9. The van der Waals surface area contributed by atoms with Crippen LogP contribution < -0.4 is 14.9 Å². The van der Waals surface area contributed by atoms with Gasteiger partial charge in [0, 0.05) is 7.05 Å². The van der Waals surface area contributed by atoms with Gasteiger partial charge in [-0.25, -0.2) is 0 Å². The predicted molar refractivity (Wildman–Crippen MR) is 72.1 cm³/mol. The maximum Gasteiger partial charge on any atom is 0.210 e. The number of aromatic nitrogens is 1. The zero-order chi connectivity index (χ0) is 13.6. The monoisotopic (exact) mass is 259 g/mol. The molecule has 0 radical (unpaired) electrons. The molecule has 3 aromatic rings. The summed E-state index contributed by atoms with van der Waals surface area (Å²) in [6.45, 7) is 0. The SMILES string of the molecule is COc1ccc2c(=O)c3ccoc3n(C)c2c1OC. The summed E-state index contributed by atoms with van der Waals surface area (Å²) in [6.07, 6.45) is 1.51. The molecule has 5 nitrogen and oxygen atoms in total. The summed E-state index contributed by atoms with van der Waals surface area (Å²) in [5, 5.41) is 1.14. The van der Waals surface area contributed by atoms with E-state index < -0.39 is 0 Å². The van der Waals surface area contributed by atoms with Crippen LogP contribution in [0.25, 0.3) is 22.0 Å². The molecule has 98 valence electrons. The fourth-order valence-electron chi connectivity index (χ4n) is 2.41. The van der Waals surface area contributed by atoms with E-state index in [1.54, 1.807) is 37.0 Å². The molecule has 19 heavy (non-hydrogen) atoms. The van der Waals surface area contributed by atoms with Crippen LogP contribution in [0, 0.1) is 0 Å². The smallest absolute Gasteiger partial charge is 0.210 e. The molecular formula is C14H13NO4. The normalized spacial score (nSPS) is 11.1. The van der Waals surface area contributed by atoms with Crippen LogP contribution in [0.2, 0.25) is 0 Å². The molecule has 0 unspecified atom stereocenters. The molecular weight excluding hydrogens is 246 g/mol. The van der Waals surface area contributed by atoms with Gasteiger partial charge in [-0.3, -0.25) is 4.79 Å². The first-order valence-electron chi connectivity index (χ1n) is 5.80. The van der Waals surface area contributed by atoms with Gasteiger partial charge in [-0.1, -0.05) is 0 Å². The van der Waals surface area contributed by atoms with Crippen molar-refractivity contribution in [1.29, 1.82) is 0 Å². The van der Waals surface area contributed by atoms with E-state index in [-0.39, 0.29) is 5.43 Å². The summed E-state index contributed by atoms with van der Waals surface area (Å²) >= 11 is 0. The second-order valence-corrected chi connectivity index (χ2v) is 4.22. The Labute approximate surface area is 109 Å². The Morgan fingerprint density at radius 2 is 1.89 bits per heavy atom. The molecule has 0 aliphatic heterocycles. The van der Waals surface area contributed by atoms with E-state index in [0.29, 0.717) is 33.5 Å². The number of rotatable bonds is 2. The first-order chi connectivity index (χ1) is 9.19. The van der Waals surface area contributed by atoms with Gasteiger partial charge in [-0.05, 0) is 18.2 Å². The van der Waals surface area contributed by atoms with Gasteiger partial charge in [-0.2, -0.15) is 0 Å². The Hall–Kier alpha value is -2.43. The minimum Gasteiger partial charge on any atom is -0.493 e. The number of methoxy groups -OCH3 is 2. The van der Waals surface area contributed by atoms with Crippen LogP contribution in [0.5, 0.6) is 11.5 Å². The van der Waals surface area contributed by atoms with Crippen molar-refractivity contribution in [3.63, 3.8) is 0 Å². The Balaban J connectivity index is 2.63. The molecule has 0 aliphatic carbocycles. The number of nitrogens with zero attached hydrogens (tertiary/aromatic N) is 1. The lowest BCUT2D eigenvalue weighted by atomic mass is 10.1. The highest BCUT2D eigenvalue weighted by Gasteiger charge is 2.17. The summed E-state index contributed by atoms with van der Waals surface area (Å²) in [7, 11) is 4.94. The van der Waals surface area contributed by atoms with Crippen molar-refractivity contribution in [2.75, 3.05) is 14.2 Å². The lowest BCUT2D eigenvalue weighted by Gasteiger charge is -2.13. The second kappa shape index (κ2) is 4.05. The van der Waals surface area contributed by atoms with Gasteiger partial charge in [0.05, 0.1) is 31.3 Å². The average Bonchev–Trinajstić information content (AvgIpc) is 2.92. The maximum atomic E-state index is 12.4. The molecule has 0 saturated carbocycles. The topological polar surface area (TPSA) is 53.6 Å². The number of furan rings is 1. The number of aryl methyl sites for hydroxylation is 1. The van der Waals surface area contributed by atoms with Crippen LogP contribution in [-0.2, 0) is 7.05 Å². The van der Waals surface area contributed by atoms with E-state index in [1.807, 2.05) is 7.05 Å². The van der Waals surface area contributed by atoms with Crippen LogP contribution in [0.15, 0.2) is 33.7 Å². The zero-order valence-electron chi connectivity index (χ0n) is 10.9. The van der Waals surface area contributed by atoms with E-state index in [9.17, 15) is 4.79 Å². The van der Waals surface area contributed by atoms with E-state index >= 15 is 0 Å². The molecule has 0 bridgehead atoms. The maximum absolute atomic E-state index is 12.4. The Bertz CT molecular complexity index is 829. The third-order valence-electron chi connectivity index (χ3n) is 3.29. The van der Waals surface area contributed by atoms with Gasteiger partial charge in [0.1, 0.15) is 5.52 Å². The van der Waals surface area contributed by atoms with Gasteiger partial charge in [0.15, 0.2) is 11.5 Å². The third kappa shape index (κ3) is 1.44. The summed E-state index contributed by atoms with van der Waals surface area (Å²) < 4.78 is 17.8. The van der Waals surface area contributed by atoms with Crippen molar-refractivity contribution in [2.24, 2.45) is 7.05 Å². The summed E-state index contributed by atoms with van der Waals surface area (Å²) in [5.74, 6) is 1.11. The van der Waals surface area contributed by atoms with Crippen molar-refractivity contribution in [2.45, 2.75) is 0 Å². The van der Waals surface area contributed by atoms with Gasteiger partial charge in [-0.15, -0.1) is 0 Å². The molecule has 3 rings (SSSR count). The van der Waals surface area contributed by atoms with Crippen LogP contribution in [-0.4, -0.2) is 18.8 Å². The van der Waals surface area contributed by atoms with Crippen molar-refractivity contribution < 1.29 is 13.9 Å². The largest absolute Gasteiger partial charge is 0.493 e. The minimum atomic E-state index is -0.0715. The predicted octanol–water partition coefficient (Wildman–Crippen LogP) is 2.30. The molecule has 1 aromatic carbocycles. The fourth-order valence-corrected chi connectivity index (χ4v) is 2.41. The van der Waals surface area contributed by atoms with E-state index in [2.05, 4.69) is 0 Å². The van der Waals surface area contributed by atoms with E-state index in [0.717, 1.165) is 0 Å². The number of hydrogen-bond donors (Lipinski definition) is 0. The quantitative estimate of drug-likeness (QED) is 0.708. The standard InChI is InChI=1S/C14H13NO4/c1-15-11-8(4-5-10(17-2)13(11)18-3)12(16)9-6-7-19-14(9)15/h4-7H,1-3H3. The first-order valence-corrected chi connectivity index (χ1v) is 5.80. The Morgan fingerprint density at radius 1 is 1.11 bits per heavy atom. The molecule has 0 saturated heterocycles. The number of fused-ring (bicyclic) bond motifs is 2. The molecule has 0 aliphatic rings. The summed E-state index contributed by atoms with van der Waals surface area (Å²) in [4.78, 5) is 12.4. The highest BCUT2D eigenvalue weighted by atomic mass is 16.5. The molecule has 0 atom stereocenters. The molecule has 2 heterocycles. The fraction of sp³-hybridized carbons (Fsp3) is 0.214. The first kappa shape index (κ1) is 11.6. The number of ether oxygens (including phenoxy) is 2. The lowest BCUT2D eigenvalue weighted by Crippen LogP contribution is -2.09. The van der Waals surface area contributed by atoms with Gasteiger partial charge < -0.3 is 18.5 Å². The molecule has 0 amide bonds. The van der Waals surface area contributed by atoms with Crippen LogP contribution >= 0.6 is 0 Å².